The number of aryl methyl sites for hydroxylation is 1. The minimum absolute atomic E-state index is 0.131. The summed E-state index contributed by atoms with van der Waals surface area (Å²) in [5.74, 6) is 0.666. The van der Waals surface area contributed by atoms with Crippen LogP contribution in [0, 0.1) is 12.8 Å². The molecule has 1 aromatic rings. The van der Waals surface area contributed by atoms with Gasteiger partial charge in [0.25, 0.3) is 0 Å². The highest BCUT2D eigenvalue weighted by Gasteiger charge is 2.15. The summed E-state index contributed by atoms with van der Waals surface area (Å²) in [6.07, 6.45) is 1.64. The van der Waals surface area contributed by atoms with Gasteiger partial charge in [0.1, 0.15) is 5.82 Å². The van der Waals surface area contributed by atoms with Crippen molar-refractivity contribution in [1.82, 2.24) is 9.97 Å². The van der Waals surface area contributed by atoms with E-state index in [-0.39, 0.29) is 17.7 Å². The summed E-state index contributed by atoms with van der Waals surface area (Å²) in [5, 5.41) is 0.170. The van der Waals surface area contributed by atoms with Crippen LogP contribution >= 0.6 is 11.6 Å². The van der Waals surface area contributed by atoms with Crippen molar-refractivity contribution in [3.05, 3.63) is 17.0 Å². The normalized spacial score (nSPS) is 10.6. The molecule has 0 radical (unpaired) electrons. The summed E-state index contributed by atoms with van der Waals surface area (Å²) < 4.78 is 0. The molecule has 0 aromatic carbocycles. The van der Waals surface area contributed by atoms with E-state index in [0.29, 0.717) is 18.3 Å². The number of aromatic nitrogens is 2. The van der Waals surface area contributed by atoms with E-state index in [1.165, 1.54) is 0 Å². The Kier molecular flexibility index (Phi) is 4.69. The average Bonchev–Trinajstić information content (AvgIpc) is 2.19. The monoisotopic (exact) mass is 256 g/mol. The SMILES string of the molecule is Cc1cnc(Cl)nc1N(CC(N)=O)CC(C)C. The Morgan fingerprint density at radius 2 is 2.24 bits per heavy atom. The molecule has 0 aliphatic rings. The van der Waals surface area contributed by atoms with Crippen LogP contribution in [0.5, 0.6) is 0 Å². The summed E-state index contributed by atoms with van der Waals surface area (Å²) in [6, 6.07) is 0. The molecule has 94 valence electrons. The third-order valence-corrected chi connectivity index (χ3v) is 2.33. The van der Waals surface area contributed by atoms with E-state index in [1.54, 1.807) is 6.20 Å². The minimum atomic E-state index is -0.389. The number of halogens is 1. The number of primary amides is 1. The number of carbonyl (C=O) groups excluding carboxylic acids is 1. The van der Waals surface area contributed by atoms with Crippen LogP contribution in [0.1, 0.15) is 19.4 Å². The highest BCUT2D eigenvalue weighted by atomic mass is 35.5. The lowest BCUT2D eigenvalue weighted by atomic mass is 10.2. The molecule has 17 heavy (non-hydrogen) atoms. The number of nitrogens with two attached hydrogens (primary N) is 1. The Balaban J connectivity index is 3.02. The maximum absolute atomic E-state index is 11.1. The second-order valence-electron chi connectivity index (χ2n) is 4.39. The van der Waals surface area contributed by atoms with Gasteiger partial charge < -0.3 is 10.6 Å². The molecular weight excluding hydrogens is 240 g/mol. The largest absolute Gasteiger partial charge is 0.368 e. The molecule has 0 saturated carbocycles. The van der Waals surface area contributed by atoms with Gasteiger partial charge in [-0.05, 0) is 24.4 Å². The second kappa shape index (κ2) is 5.82. The van der Waals surface area contributed by atoms with E-state index in [4.69, 9.17) is 17.3 Å². The standard InChI is InChI=1S/C11H17ClN4O/c1-7(2)5-16(6-9(13)17)10-8(3)4-14-11(12)15-10/h4,7H,5-6H2,1-3H3,(H2,13,17). The molecule has 6 heteroatoms. The molecular formula is C11H17ClN4O. The molecule has 0 aliphatic heterocycles. The first kappa shape index (κ1) is 13.7. The Hall–Kier alpha value is -1.36. The van der Waals surface area contributed by atoms with Crippen molar-refractivity contribution in [2.45, 2.75) is 20.8 Å². The fraction of sp³-hybridized carbons (Fsp3) is 0.545. The molecule has 2 N–H and O–H groups in total. The van der Waals surface area contributed by atoms with Gasteiger partial charge in [0.05, 0.1) is 6.54 Å². The zero-order chi connectivity index (χ0) is 13.0. The number of amides is 1. The highest BCUT2D eigenvalue weighted by molar-refractivity contribution is 6.28. The molecule has 1 aromatic heterocycles. The summed E-state index contributed by atoms with van der Waals surface area (Å²) >= 11 is 5.77. The van der Waals surface area contributed by atoms with Crippen LogP contribution in [0.4, 0.5) is 5.82 Å². The Morgan fingerprint density at radius 1 is 1.59 bits per heavy atom. The number of hydrogen-bond acceptors (Lipinski definition) is 4. The first-order chi connectivity index (χ1) is 7.90. The summed E-state index contributed by atoms with van der Waals surface area (Å²) in [7, 11) is 0. The molecule has 0 spiro atoms. The molecule has 0 atom stereocenters. The lowest BCUT2D eigenvalue weighted by Gasteiger charge is -2.25. The molecule has 0 fully saturated rings. The van der Waals surface area contributed by atoms with Crippen molar-refractivity contribution in [2.24, 2.45) is 11.7 Å². The second-order valence-corrected chi connectivity index (χ2v) is 4.72. The van der Waals surface area contributed by atoms with Crippen molar-refractivity contribution in [2.75, 3.05) is 18.0 Å². The van der Waals surface area contributed by atoms with Crippen molar-refractivity contribution < 1.29 is 4.79 Å². The maximum Gasteiger partial charge on any atom is 0.236 e. The topological polar surface area (TPSA) is 72.1 Å². The van der Waals surface area contributed by atoms with Gasteiger partial charge in [0, 0.05) is 18.3 Å². The van der Waals surface area contributed by atoms with Crippen LogP contribution in [0.15, 0.2) is 6.20 Å². The predicted octanol–water partition coefficient (Wildman–Crippen LogP) is 1.39. The maximum atomic E-state index is 11.1. The van der Waals surface area contributed by atoms with Gasteiger partial charge in [-0.2, -0.15) is 0 Å². The fourth-order valence-electron chi connectivity index (χ4n) is 1.59. The quantitative estimate of drug-likeness (QED) is 0.808. The highest BCUT2D eigenvalue weighted by Crippen LogP contribution is 2.19. The molecule has 0 aliphatic carbocycles. The molecule has 1 heterocycles. The van der Waals surface area contributed by atoms with Crippen molar-refractivity contribution in [1.29, 1.82) is 0 Å². The van der Waals surface area contributed by atoms with Crippen LogP contribution in [0.2, 0.25) is 5.28 Å². The van der Waals surface area contributed by atoms with E-state index in [2.05, 4.69) is 23.8 Å². The lowest BCUT2D eigenvalue weighted by molar-refractivity contribution is -0.116. The third-order valence-electron chi connectivity index (χ3n) is 2.15. The fourth-order valence-corrected chi connectivity index (χ4v) is 1.72. The number of anilines is 1. The molecule has 1 rings (SSSR count). The van der Waals surface area contributed by atoms with Gasteiger partial charge in [-0.1, -0.05) is 13.8 Å². The van der Waals surface area contributed by atoms with Crippen LogP contribution in [0.3, 0.4) is 0 Å². The Bertz CT molecular complexity index is 408. The number of nitrogens with zero attached hydrogens (tertiary/aromatic N) is 3. The van der Waals surface area contributed by atoms with Gasteiger partial charge in [0.2, 0.25) is 11.2 Å². The molecule has 1 amide bonds. The average molecular weight is 257 g/mol. The van der Waals surface area contributed by atoms with Crippen LogP contribution < -0.4 is 10.6 Å². The zero-order valence-electron chi connectivity index (χ0n) is 10.3. The first-order valence-corrected chi connectivity index (χ1v) is 5.80. The van der Waals surface area contributed by atoms with E-state index in [9.17, 15) is 4.79 Å². The third kappa shape index (κ3) is 4.19. The number of rotatable bonds is 5. The van der Waals surface area contributed by atoms with Crippen molar-refractivity contribution >= 4 is 23.3 Å². The van der Waals surface area contributed by atoms with Crippen molar-refractivity contribution in [3.63, 3.8) is 0 Å². The smallest absolute Gasteiger partial charge is 0.236 e. The lowest BCUT2D eigenvalue weighted by Crippen LogP contribution is -2.37. The molecule has 0 bridgehead atoms. The van der Waals surface area contributed by atoms with E-state index in [0.717, 1.165) is 5.56 Å². The van der Waals surface area contributed by atoms with Crippen LogP contribution in [-0.2, 0) is 4.79 Å². The van der Waals surface area contributed by atoms with E-state index in [1.807, 2.05) is 11.8 Å². The van der Waals surface area contributed by atoms with Crippen LogP contribution in [-0.4, -0.2) is 29.0 Å². The molecule has 5 nitrogen and oxygen atoms in total. The Morgan fingerprint density at radius 3 is 2.76 bits per heavy atom. The van der Waals surface area contributed by atoms with Gasteiger partial charge in [-0.3, -0.25) is 4.79 Å². The predicted molar refractivity (Wildman–Crippen MR) is 68.0 cm³/mol. The van der Waals surface area contributed by atoms with Crippen molar-refractivity contribution in [3.8, 4) is 0 Å². The van der Waals surface area contributed by atoms with Gasteiger partial charge in [-0.15, -0.1) is 0 Å². The van der Waals surface area contributed by atoms with Crippen LogP contribution in [0.25, 0.3) is 0 Å². The summed E-state index contributed by atoms with van der Waals surface area (Å²) in [6.45, 7) is 6.82. The van der Waals surface area contributed by atoms with E-state index < -0.39 is 0 Å². The minimum Gasteiger partial charge on any atom is -0.368 e. The Labute approximate surface area is 106 Å². The molecule has 0 saturated heterocycles. The summed E-state index contributed by atoms with van der Waals surface area (Å²) in [5.41, 5.74) is 6.11. The summed E-state index contributed by atoms with van der Waals surface area (Å²) in [4.78, 5) is 20.9. The first-order valence-electron chi connectivity index (χ1n) is 5.42. The van der Waals surface area contributed by atoms with Gasteiger partial charge in [0.15, 0.2) is 0 Å². The van der Waals surface area contributed by atoms with E-state index >= 15 is 0 Å². The number of carbonyl (C=O) groups is 1. The van der Waals surface area contributed by atoms with Gasteiger partial charge in [-0.25, -0.2) is 9.97 Å². The molecule has 0 unspecified atom stereocenters. The number of hydrogen-bond donors (Lipinski definition) is 1. The van der Waals surface area contributed by atoms with Gasteiger partial charge >= 0.3 is 0 Å². The zero-order valence-corrected chi connectivity index (χ0v) is 11.0.